The first-order chi connectivity index (χ1) is 8.74. The van der Waals surface area contributed by atoms with E-state index in [2.05, 4.69) is 15.9 Å². The van der Waals surface area contributed by atoms with Crippen molar-refractivity contribution in [1.82, 2.24) is 0 Å². The van der Waals surface area contributed by atoms with Gasteiger partial charge in [-0.05, 0) is 28.9 Å². The van der Waals surface area contributed by atoms with E-state index < -0.39 is 11.4 Å². The second-order valence-electron chi connectivity index (χ2n) is 5.05. The van der Waals surface area contributed by atoms with Crippen molar-refractivity contribution >= 4 is 21.9 Å². The van der Waals surface area contributed by atoms with Crippen LogP contribution in [0.2, 0.25) is 0 Å². The third-order valence-corrected chi connectivity index (χ3v) is 4.12. The zero-order valence-corrected chi connectivity index (χ0v) is 13.4. The normalized spacial score (nSPS) is 11.3. The number of benzene rings is 1. The minimum absolute atomic E-state index is 0.0159. The first-order valence-electron chi connectivity index (χ1n) is 5.88. The van der Waals surface area contributed by atoms with Crippen LogP contribution in [0.15, 0.2) is 10.5 Å². The van der Waals surface area contributed by atoms with Gasteiger partial charge in [0.05, 0.1) is 25.1 Å². The summed E-state index contributed by atoms with van der Waals surface area (Å²) in [5.41, 5.74) is 1.18. The molecule has 0 fully saturated rings. The van der Waals surface area contributed by atoms with Crippen molar-refractivity contribution < 1.29 is 19.4 Å². The molecular formula is C14H19BrO4. The Morgan fingerprint density at radius 2 is 1.95 bits per heavy atom. The second kappa shape index (κ2) is 5.82. The van der Waals surface area contributed by atoms with Gasteiger partial charge in [-0.25, -0.2) is 0 Å². The fraction of sp³-hybridized carbons (Fsp3) is 0.500. The highest BCUT2D eigenvalue weighted by atomic mass is 79.9. The van der Waals surface area contributed by atoms with Crippen LogP contribution in [0.3, 0.4) is 0 Å². The molecule has 0 saturated carbocycles. The van der Waals surface area contributed by atoms with Gasteiger partial charge in [-0.1, -0.05) is 13.8 Å². The Kier molecular flexibility index (Phi) is 4.85. The lowest BCUT2D eigenvalue weighted by Crippen LogP contribution is -2.23. The summed E-state index contributed by atoms with van der Waals surface area (Å²) in [6, 6.07) is 1.85. The summed E-state index contributed by atoms with van der Waals surface area (Å²) in [5, 5.41) is 9.04. The number of hydrogen-bond acceptors (Lipinski definition) is 3. The predicted octanol–water partition coefficient (Wildman–Crippen LogP) is 3.53. The topological polar surface area (TPSA) is 55.8 Å². The van der Waals surface area contributed by atoms with Crippen LogP contribution in [0, 0.1) is 6.92 Å². The van der Waals surface area contributed by atoms with E-state index in [1.54, 1.807) is 14.2 Å². The van der Waals surface area contributed by atoms with Gasteiger partial charge < -0.3 is 14.6 Å². The van der Waals surface area contributed by atoms with Crippen LogP contribution < -0.4 is 9.47 Å². The van der Waals surface area contributed by atoms with Gasteiger partial charge in [0, 0.05) is 16.5 Å². The Balaban J connectivity index is 3.49. The zero-order chi connectivity index (χ0) is 14.8. The van der Waals surface area contributed by atoms with Crippen molar-refractivity contribution in [3.8, 4) is 11.5 Å². The number of carboxylic acid groups (broad SMARTS) is 1. The van der Waals surface area contributed by atoms with Gasteiger partial charge in [0.25, 0.3) is 0 Å². The molecule has 1 aromatic rings. The van der Waals surface area contributed by atoms with Crippen molar-refractivity contribution in [2.75, 3.05) is 14.2 Å². The molecule has 1 N–H and O–H groups in total. The van der Waals surface area contributed by atoms with E-state index in [0.717, 1.165) is 15.6 Å². The van der Waals surface area contributed by atoms with Crippen LogP contribution in [0.5, 0.6) is 11.5 Å². The fourth-order valence-electron chi connectivity index (χ4n) is 2.09. The van der Waals surface area contributed by atoms with Crippen LogP contribution in [-0.2, 0) is 10.2 Å². The number of aliphatic carboxylic acids is 1. The highest BCUT2D eigenvalue weighted by Gasteiger charge is 2.30. The molecule has 0 saturated heterocycles. The minimum Gasteiger partial charge on any atom is -0.496 e. The Morgan fingerprint density at radius 1 is 1.37 bits per heavy atom. The molecule has 0 atom stereocenters. The highest BCUT2D eigenvalue weighted by Crippen LogP contribution is 2.44. The Hall–Kier alpha value is -1.23. The second-order valence-corrected chi connectivity index (χ2v) is 5.85. The Labute approximate surface area is 121 Å². The third-order valence-electron chi connectivity index (χ3n) is 3.16. The SMILES string of the molecule is COc1cc(C(C)(C)CC(=O)O)c(OC)c(Br)c1C. The molecule has 0 spiro atoms. The van der Waals surface area contributed by atoms with Crippen LogP contribution in [0.1, 0.15) is 31.4 Å². The molecule has 4 nitrogen and oxygen atoms in total. The maximum Gasteiger partial charge on any atom is 0.304 e. The number of carbonyl (C=O) groups is 1. The lowest BCUT2D eigenvalue weighted by Gasteiger charge is -2.27. The molecule has 0 aliphatic heterocycles. The number of halogens is 1. The molecule has 1 rings (SSSR count). The van der Waals surface area contributed by atoms with E-state index >= 15 is 0 Å². The van der Waals surface area contributed by atoms with Crippen molar-refractivity contribution in [3.05, 3.63) is 21.7 Å². The van der Waals surface area contributed by atoms with Crippen LogP contribution in [0.4, 0.5) is 0 Å². The van der Waals surface area contributed by atoms with Crippen LogP contribution in [-0.4, -0.2) is 25.3 Å². The van der Waals surface area contributed by atoms with Crippen LogP contribution >= 0.6 is 15.9 Å². The van der Waals surface area contributed by atoms with E-state index in [1.807, 2.05) is 26.8 Å². The monoisotopic (exact) mass is 330 g/mol. The van der Waals surface area contributed by atoms with Gasteiger partial charge in [0.15, 0.2) is 0 Å². The first-order valence-corrected chi connectivity index (χ1v) is 6.67. The molecule has 106 valence electrons. The molecule has 0 radical (unpaired) electrons. The molecular weight excluding hydrogens is 312 g/mol. The molecule has 0 bridgehead atoms. The van der Waals surface area contributed by atoms with E-state index in [-0.39, 0.29) is 6.42 Å². The fourth-order valence-corrected chi connectivity index (χ4v) is 2.66. The summed E-state index contributed by atoms with van der Waals surface area (Å²) < 4.78 is 11.6. The minimum atomic E-state index is -0.845. The van der Waals surface area contributed by atoms with Gasteiger partial charge in [-0.2, -0.15) is 0 Å². The van der Waals surface area contributed by atoms with E-state index in [4.69, 9.17) is 14.6 Å². The molecule has 0 heterocycles. The third kappa shape index (κ3) is 3.21. The van der Waals surface area contributed by atoms with Gasteiger partial charge in [0.2, 0.25) is 0 Å². The number of hydrogen-bond donors (Lipinski definition) is 1. The molecule has 1 aromatic carbocycles. The lowest BCUT2D eigenvalue weighted by molar-refractivity contribution is -0.138. The summed E-state index contributed by atoms with van der Waals surface area (Å²) in [6.45, 7) is 5.67. The van der Waals surface area contributed by atoms with E-state index in [0.29, 0.717) is 11.5 Å². The van der Waals surface area contributed by atoms with Gasteiger partial charge in [-0.3, -0.25) is 4.79 Å². The van der Waals surface area contributed by atoms with E-state index in [9.17, 15) is 4.79 Å². The molecule has 0 amide bonds. The van der Waals surface area contributed by atoms with Crippen molar-refractivity contribution in [2.45, 2.75) is 32.6 Å². The average molecular weight is 331 g/mol. The standard InChI is InChI=1S/C14H19BrO4/c1-8-10(18-4)6-9(13(19-5)12(8)15)14(2,3)7-11(16)17/h6H,7H2,1-5H3,(H,16,17). The number of methoxy groups -OCH3 is 2. The highest BCUT2D eigenvalue weighted by molar-refractivity contribution is 9.10. The zero-order valence-electron chi connectivity index (χ0n) is 11.8. The van der Waals surface area contributed by atoms with E-state index in [1.165, 1.54) is 0 Å². The summed E-state index contributed by atoms with van der Waals surface area (Å²) in [6.07, 6.45) is 0.0159. The molecule has 19 heavy (non-hydrogen) atoms. The van der Waals surface area contributed by atoms with Crippen molar-refractivity contribution in [2.24, 2.45) is 0 Å². The Bertz CT molecular complexity index is 495. The Morgan fingerprint density at radius 3 is 2.37 bits per heavy atom. The molecule has 0 aromatic heterocycles. The van der Waals surface area contributed by atoms with Crippen molar-refractivity contribution in [1.29, 1.82) is 0 Å². The molecule has 0 aliphatic carbocycles. The number of rotatable bonds is 5. The summed E-state index contributed by atoms with van der Waals surface area (Å²) in [7, 11) is 3.17. The smallest absolute Gasteiger partial charge is 0.304 e. The van der Waals surface area contributed by atoms with Gasteiger partial charge >= 0.3 is 5.97 Å². The summed E-state index contributed by atoms with van der Waals surface area (Å²) >= 11 is 3.49. The number of carboxylic acids is 1. The molecule has 0 aliphatic rings. The van der Waals surface area contributed by atoms with Crippen molar-refractivity contribution in [3.63, 3.8) is 0 Å². The lowest BCUT2D eigenvalue weighted by atomic mass is 9.80. The largest absolute Gasteiger partial charge is 0.496 e. The maximum atomic E-state index is 11.0. The molecule has 5 heteroatoms. The van der Waals surface area contributed by atoms with Gasteiger partial charge in [-0.15, -0.1) is 0 Å². The summed E-state index contributed by atoms with van der Waals surface area (Å²) in [4.78, 5) is 11.0. The van der Waals surface area contributed by atoms with Crippen LogP contribution in [0.25, 0.3) is 0 Å². The quantitative estimate of drug-likeness (QED) is 0.897. The number of ether oxygens (including phenoxy) is 2. The van der Waals surface area contributed by atoms with Gasteiger partial charge in [0.1, 0.15) is 11.5 Å². The average Bonchev–Trinajstić information content (AvgIpc) is 2.30. The first kappa shape index (κ1) is 15.8. The maximum absolute atomic E-state index is 11.0. The summed E-state index contributed by atoms with van der Waals surface area (Å²) in [5.74, 6) is 0.522. The molecule has 0 unspecified atom stereocenters. The predicted molar refractivity (Wildman–Crippen MR) is 77.3 cm³/mol.